The van der Waals surface area contributed by atoms with Crippen molar-refractivity contribution in [1.29, 1.82) is 0 Å². The highest BCUT2D eigenvalue weighted by Gasteiger charge is 2.08. The molecular formula is C15H16N4. The largest absolute Gasteiger partial charge is 0.308 e. The summed E-state index contributed by atoms with van der Waals surface area (Å²) in [5.74, 6) is 6.35. The van der Waals surface area contributed by atoms with Gasteiger partial charge in [-0.25, -0.2) is 10.8 Å². The molecule has 0 aliphatic heterocycles. The molecule has 0 aliphatic carbocycles. The fraction of sp³-hybridized carbons (Fsp3) is 0.200. The van der Waals surface area contributed by atoms with Gasteiger partial charge >= 0.3 is 0 Å². The van der Waals surface area contributed by atoms with Crippen molar-refractivity contribution < 1.29 is 0 Å². The number of aromatic nitrogens is 2. The van der Waals surface area contributed by atoms with Gasteiger partial charge in [0, 0.05) is 28.6 Å². The first-order valence-electron chi connectivity index (χ1n) is 6.46. The van der Waals surface area contributed by atoms with Gasteiger partial charge in [0.25, 0.3) is 0 Å². The molecule has 3 N–H and O–H groups in total. The lowest BCUT2D eigenvalue weighted by Crippen LogP contribution is -2.11. The van der Waals surface area contributed by atoms with Gasteiger partial charge in [0.05, 0.1) is 5.52 Å². The van der Waals surface area contributed by atoms with Gasteiger partial charge in [0.1, 0.15) is 5.82 Å². The van der Waals surface area contributed by atoms with Crippen molar-refractivity contribution in [3.05, 3.63) is 42.2 Å². The maximum Gasteiger partial charge on any atom is 0.143 e. The number of fused-ring (bicyclic) bond motifs is 3. The molecule has 4 nitrogen and oxygen atoms in total. The standard InChI is InChI=1S/C15H16N4/c1-2-3-11-8-10-4-5-12-9-17-7-6-13(12)14(10)18-15(11)19-16/h4-9H,2-3,16H2,1H3,(H,18,19). The molecule has 0 spiro atoms. The number of anilines is 1. The van der Waals surface area contributed by atoms with E-state index in [1.54, 1.807) is 6.20 Å². The molecule has 2 aromatic heterocycles. The first kappa shape index (κ1) is 11.9. The minimum Gasteiger partial charge on any atom is -0.308 e. The molecule has 3 aromatic rings. The van der Waals surface area contributed by atoms with Crippen LogP contribution in [0.2, 0.25) is 0 Å². The molecule has 19 heavy (non-hydrogen) atoms. The van der Waals surface area contributed by atoms with Crippen LogP contribution in [0.4, 0.5) is 5.82 Å². The third-order valence-electron chi connectivity index (χ3n) is 3.34. The van der Waals surface area contributed by atoms with E-state index in [1.807, 2.05) is 12.3 Å². The number of aryl methyl sites for hydroxylation is 1. The van der Waals surface area contributed by atoms with Gasteiger partial charge in [-0.1, -0.05) is 25.5 Å². The van der Waals surface area contributed by atoms with E-state index >= 15 is 0 Å². The number of pyridine rings is 2. The van der Waals surface area contributed by atoms with Crippen molar-refractivity contribution in [2.24, 2.45) is 5.84 Å². The maximum absolute atomic E-state index is 5.59. The van der Waals surface area contributed by atoms with Crippen LogP contribution in [0.1, 0.15) is 18.9 Å². The van der Waals surface area contributed by atoms with Crippen molar-refractivity contribution in [3.8, 4) is 0 Å². The quantitative estimate of drug-likeness (QED) is 0.427. The Balaban J connectivity index is 2.34. The first-order chi connectivity index (χ1) is 9.33. The Hall–Kier alpha value is -2.20. The van der Waals surface area contributed by atoms with Crippen LogP contribution in [0.5, 0.6) is 0 Å². The number of hydrogen-bond acceptors (Lipinski definition) is 4. The van der Waals surface area contributed by atoms with Gasteiger partial charge in [-0.15, -0.1) is 0 Å². The monoisotopic (exact) mass is 252 g/mol. The minimum atomic E-state index is 0.763. The fourth-order valence-corrected chi connectivity index (χ4v) is 2.43. The van der Waals surface area contributed by atoms with Gasteiger partial charge < -0.3 is 5.43 Å². The summed E-state index contributed by atoms with van der Waals surface area (Å²) in [5, 5.41) is 3.34. The molecule has 96 valence electrons. The van der Waals surface area contributed by atoms with E-state index in [4.69, 9.17) is 5.84 Å². The molecule has 0 aliphatic rings. The molecular weight excluding hydrogens is 236 g/mol. The van der Waals surface area contributed by atoms with Crippen LogP contribution < -0.4 is 11.3 Å². The second-order valence-corrected chi connectivity index (χ2v) is 4.62. The summed E-state index contributed by atoms with van der Waals surface area (Å²) < 4.78 is 0. The van der Waals surface area contributed by atoms with E-state index in [2.05, 4.69) is 40.5 Å². The normalized spacial score (nSPS) is 11.1. The Morgan fingerprint density at radius 1 is 1.21 bits per heavy atom. The number of nitrogen functional groups attached to an aromatic ring is 1. The van der Waals surface area contributed by atoms with Crippen LogP contribution in [0.15, 0.2) is 36.7 Å². The number of nitrogens with one attached hydrogen (secondary N) is 1. The molecule has 1 aromatic carbocycles. The highest BCUT2D eigenvalue weighted by atomic mass is 15.2. The molecule has 0 bridgehead atoms. The zero-order chi connectivity index (χ0) is 13.2. The summed E-state index contributed by atoms with van der Waals surface area (Å²) in [6, 6.07) is 8.33. The second kappa shape index (κ2) is 4.82. The highest BCUT2D eigenvalue weighted by Crippen LogP contribution is 2.27. The zero-order valence-corrected chi connectivity index (χ0v) is 10.9. The first-order valence-corrected chi connectivity index (χ1v) is 6.46. The second-order valence-electron chi connectivity index (χ2n) is 4.62. The lowest BCUT2D eigenvalue weighted by Gasteiger charge is -2.10. The molecule has 0 atom stereocenters. The average Bonchev–Trinajstić information content (AvgIpc) is 2.46. The number of hydrogen-bond donors (Lipinski definition) is 2. The Morgan fingerprint density at radius 2 is 2.05 bits per heavy atom. The van der Waals surface area contributed by atoms with E-state index in [1.165, 1.54) is 0 Å². The average molecular weight is 252 g/mol. The maximum atomic E-state index is 5.59. The Labute approximate surface area is 111 Å². The molecule has 0 saturated heterocycles. The SMILES string of the molecule is CCCc1cc2ccc3cnccc3c2nc1NN. The number of hydrazine groups is 1. The van der Waals surface area contributed by atoms with Crippen LogP contribution in [0.3, 0.4) is 0 Å². The van der Waals surface area contributed by atoms with Crippen LogP contribution >= 0.6 is 0 Å². The summed E-state index contributed by atoms with van der Waals surface area (Å²) in [6.07, 6.45) is 5.68. The molecule has 3 rings (SSSR count). The van der Waals surface area contributed by atoms with Crippen LogP contribution in [0.25, 0.3) is 21.7 Å². The number of nitrogens with two attached hydrogens (primary N) is 1. The van der Waals surface area contributed by atoms with Gasteiger partial charge in [-0.05, 0) is 24.1 Å². The van der Waals surface area contributed by atoms with Gasteiger partial charge in [0.15, 0.2) is 0 Å². The summed E-state index contributed by atoms with van der Waals surface area (Å²) in [7, 11) is 0. The lowest BCUT2D eigenvalue weighted by atomic mass is 10.0. The molecule has 0 radical (unpaired) electrons. The van der Waals surface area contributed by atoms with E-state index in [0.29, 0.717) is 0 Å². The van der Waals surface area contributed by atoms with Crippen LogP contribution in [0, 0.1) is 0 Å². The predicted octanol–water partition coefficient (Wildman–Crippen LogP) is 3.02. The smallest absolute Gasteiger partial charge is 0.143 e. The molecule has 0 unspecified atom stereocenters. The molecule has 0 saturated carbocycles. The van der Waals surface area contributed by atoms with Crippen molar-refractivity contribution >= 4 is 27.5 Å². The number of rotatable bonds is 3. The zero-order valence-electron chi connectivity index (χ0n) is 10.9. The van der Waals surface area contributed by atoms with Gasteiger partial charge in [-0.3, -0.25) is 4.98 Å². The van der Waals surface area contributed by atoms with Gasteiger partial charge in [-0.2, -0.15) is 0 Å². The lowest BCUT2D eigenvalue weighted by molar-refractivity contribution is 0.917. The van der Waals surface area contributed by atoms with E-state index in [9.17, 15) is 0 Å². The molecule has 2 heterocycles. The van der Waals surface area contributed by atoms with Crippen molar-refractivity contribution in [2.45, 2.75) is 19.8 Å². The summed E-state index contributed by atoms with van der Waals surface area (Å²) in [5.41, 5.74) is 4.83. The predicted molar refractivity (Wildman–Crippen MR) is 78.8 cm³/mol. The molecule has 0 amide bonds. The van der Waals surface area contributed by atoms with Crippen LogP contribution in [-0.2, 0) is 6.42 Å². The van der Waals surface area contributed by atoms with E-state index < -0.39 is 0 Å². The van der Waals surface area contributed by atoms with Gasteiger partial charge in [0.2, 0.25) is 0 Å². The van der Waals surface area contributed by atoms with Crippen LogP contribution in [-0.4, -0.2) is 9.97 Å². The van der Waals surface area contributed by atoms with E-state index in [0.717, 1.165) is 45.9 Å². The molecule has 4 heteroatoms. The van der Waals surface area contributed by atoms with Crippen molar-refractivity contribution in [2.75, 3.05) is 5.43 Å². The Bertz CT molecular complexity index is 737. The molecule has 0 fully saturated rings. The van der Waals surface area contributed by atoms with E-state index in [-0.39, 0.29) is 0 Å². The summed E-state index contributed by atoms with van der Waals surface area (Å²) in [4.78, 5) is 8.82. The van der Waals surface area contributed by atoms with Crippen molar-refractivity contribution in [3.63, 3.8) is 0 Å². The fourth-order valence-electron chi connectivity index (χ4n) is 2.43. The Morgan fingerprint density at radius 3 is 2.84 bits per heavy atom. The third kappa shape index (κ3) is 2.00. The Kier molecular flexibility index (Phi) is 3.01. The summed E-state index contributed by atoms with van der Waals surface area (Å²) in [6.45, 7) is 2.15. The highest BCUT2D eigenvalue weighted by molar-refractivity contribution is 6.05. The summed E-state index contributed by atoms with van der Waals surface area (Å²) >= 11 is 0. The third-order valence-corrected chi connectivity index (χ3v) is 3.34. The number of nitrogens with zero attached hydrogens (tertiary/aromatic N) is 2. The minimum absolute atomic E-state index is 0.763. The topological polar surface area (TPSA) is 63.8 Å². The number of benzene rings is 1. The van der Waals surface area contributed by atoms with Crippen molar-refractivity contribution in [1.82, 2.24) is 9.97 Å².